The molecule has 1 aliphatic rings. The molecule has 1 aromatic carbocycles. The van der Waals surface area contributed by atoms with Gasteiger partial charge in [-0.1, -0.05) is 11.6 Å². The first-order valence-corrected chi connectivity index (χ1v) is 8.65. The first-order chi connectivity index (χ1) is 10.1. The van der Waals surface area contributed by atoms with E-state index in [2.05, 4.69) is 4.72 Å². The van der Waals surface area contributed by atoms with Crippen LogP contribution in [0.2, 0.25) is 5.02 Å². The van der Waals surface area contributed by atoms with Gasteiger partial charge in [0.15, 0.2) is 0 Å². The molecule has 0 radical (unpaired) electrons. The van der Waals surface area contributed by atoms with Crippen LogP contribution in [0.1, 0.15) is 25.3 Å². The number of nitrogens with two attached hydrogens (primary N) is 1. The standard InChI is InChI=1S/C13H18ClN3O4S.ClH/c1-8-11(14)5-10(6-12(8)17(18)19)22(20,21)16-13(2,7-15)9-3-4-9;/h5-6,9,16H,3-4,7,15H2,1-2H3;1H. The fourth-order valence-electron chi connectivity index (χ4n) is 2.36. The Labute approximate surface area is 146 Å². The SMILES string of the molecule is Cc1c(Cl)cc(S(=O)(=O)NC(C)(CN)C2CC2)cc1[N+](=O)[O-].Cl. The number of nitrogens with zero attached hydrogens (tertiary/aromatic N) is 1. The molecular weight excluding hydrogens is 365 g/mol. The van der Waals surface area contributed by atoms with E-state index in [1.54, 1.807) is 6.92 Å². The van der Waals surface area contributed by atoms with E-state index in [-0.39, 0.29) is 46.0 Å². The van der Waals surface area contributed by atoms with Crippen LogP contribution in [0.4, 0.5) is 5.69 Å². The molecule has 1 saturated carbocycles. The summed E-state index contributed by atoms with van der Waals surface area (Å²) in [4.78, 5) is 10.1. The zero-order chi connectivity index (χ0) is 16.7. The van der Waals surface area contributed by atoms with Crippen LogP contribution in [0.3, 0.4) is 0 Å². The van der Waals surface area contributed by atoms with Gasteiger partial charge in [-0.15, -0.1) is 12.4 Å². The molecule has 0 aliphatic heterocycles. The molecule has 1 fully saturated rings. The second kappa shape index (κ2) is 6.90. The van der Waals surface area contributed by atoms with Gasteiger partial charge < -0.3 is 5.73 Å². The number of sulfonamides is 1. The van der Waals surface area contributed by atoms with Gasteiger partial charge in [0.2, 0.25) is 10.0 Å². The highest BCUT2D eigenvalue weighted by Crippen LogP contribution is 2.40. The summed E-state index contributed by atoms with van der Waals surface area (Å²) in [7, 11) is -3.95. The lowest BCUT2D eigenvalue weighted by Gasteiger charge is -2.29. The van der Waals surface area contributed by atoms with E-state index in [0.29, 0.717) is 0 Å². The number of rotatable bonds is 6. The summed E-state index contributed by atoms with van der Waals surface area (Å²) in [5.74, 6) is 0.184. The van der Waals surface area contributed by atoms with Crippen LogP contribution in [0.5, 0.6) is 0 Å². The van der Waals surface area contributed by atoms with Crippen molar-refractivity contribution in [2.75, 3.05) is 6.54 Å². The van der Waals surface area contributed by atoms with Crippen molar-refractivity contribution in [3.05, 3.63) is 32.8 Å². The Kier molecular flexibility index (Phi) is 6.04. The molecule has 1 aliphatic carbocycles. The summed E-state index contributed by atoms with van der Waals surface area (Å²) < 4.78 is 27.6. The Bertz CT molecular complexity index is 722. The number of hydrogen-bond donors (Lipinski definition) is 2. The molecule has 23 heavy (non-hydrogen) atoms. The second-order valence-electron chi connectivity index (χ2n) is 5.81. The van der Waals surface area contributed by atoms with Gasteiger partial charge in [0.25, 0.3) is 5.69 Å². The minimum absolute atomic E-state index is 0. The Morgan fingerprint density at radius 2 is 2.04 bits per heavy atom. The van der Waals surface area contributed by atoms with Gasteiger partial charge in [-0.05, 0) is 38.7 Å². The maximum Gasteiger partial charge on any atom is 0.275 e. The summed E-state index contributed by atoms with van der Waals surface area (Å²) in [5, 5.41) is 11.1. The molecule has 1 aromatic rings. The topological polar surface area (TPSA) is 115 Å². The van der Waals surface area contributed by atoms with Crippen LogP contribution in [0.15, 0.2) is 17.0 Å². The molecule has 10 heteroatoms. The number of benzene rings is 1. The minimum atomic E-state index is -3.95. The molecule has 7 nitrogen and oxygen atoms in total. The van der Waals surface area contributed by atoms with Gasteiger partial charge >= 0.3 is 0 Å². The molecule has 2 rings (SSSR count). The van der Waals surface area contributed by atoms with Gasteiger partial charge in [0.1, 0.15) is 0 Å². The lowest BCUT2D eigenvalue weighted by Crippen LogP contribution is -2.52. The fourth-order valence-corrected chi connectivity index (χ4v) is 4.16. The third kappa shape index (κ3) is 4.13. The van der Waals surface area contributed by atoms with Crippen LogP contribution >= 0.6 is 24.0 Å². The lowest BCUT2D eigenvalue weighted by atomic mass is 9.98. The summed E-state index contributed by atoms with van der Waals surface area (Å²) in [6.07, 6.45) is 1.82. The van der Waals surface area contributed by atoms with Crippen LogP contribution in [-0.4, -0.2) is 25.4 Å². The van der Waals surface area contributed by atoms with E-state index in [1.807, 2.05) is 0 Å². The van der Waals surface area contributed by atoms with Crippen molar-refractivity contribution in [2.24, 2.45) is 11.7 Å². The molecule has 1 atom stereocenters. The number of nitro benzene ring substituents is 1. The van der Waals surface area contributed by atoms with E-state index >= 15 is 0 Å². The zero-order valence-electron chi connectivity index (χ0n) is 12.7. The highest BCUT2D eigenvalue weighted by atomic mass is 35.5. The average molecular weight is 384 g/mol. The smallest absolute Gasteiger partial charge is 0.275 e. The molecule has 1 unspecified atom stereocenters. The van der Waals surface area contributed by atoms with E-state index in [0.717, 1.165) is 18.9 Å². The van der Waals surface area contributed by atoms with Gasteiger partial charge in [0.05, 0.1) is 14.8 Å². The number of nitrogens with one attached hydrogen (secondary N) is 1. The van der Waals surface area contributed by atoms with Gasteiger partial charge in [-0.25, -0.2) is 13.1 Å². The Hall–Kier alpha value is -0.930. The first kappa shape index (κ1) is 20.1. The monoisotopic (exact) mass is 383 g/mol. The first-order valence-electron chi connectivity index (χ1n) is 6.79. The third-order valence-corrected chi connectivity index (χ3v) is 6.05. The molecule has 3 N–H and O–H groups in total. The highest BCUT2D eigenvalue weighted by Gasteiger charge is 2.43. The van der Waals surface area contributed by atoms with Crippen molar-refractivity contribution in [3.63, 3.8) is 0 Å². The van der Waals surface area contributed by atoms with Crippen LogP contribution in [0.25, 0.3) is 0 Å². The van der Waals surface area contributed by atoms with Crippen molar-refractivity contribution in [2.45, 2.75) is 37.1 Å². The Balaban J connectivity index is 0.00000264. The van der Waals surface area contributed by atoms with E-state index < -0.39 is 20.5 Å². The van der Waals surface area contributed by atoms with E-state index in [1.165, 1.54) is 13.0 Å². The molecule has 0 saturated heterocycles. The largest absolute Gasteiger partial charge is 0.329 e. The van der Waals surface area contributed by atoms with Crippen molar-refractivity contribution in [1.82, 2.24) is 4.72 Å². The summed E-state index contributed by atoms with van der Waals surface area (Å²) in [5.41, 5.74) is 4.85. The fraction of sp³-hybridized carbons (Fsp3) is 0.538. The average Bonchev–Trinajstić information content (AvgIpc) is 3.25. The number of hydrogen-bond acceptors (Lipinski definition) is 5. The van der Waals surface area contributed by atoms with Crippen molar-refractivity contribution >= 4 is 39.7 Å². The van der Waals surface area contributed by atoms with Crippen molar-refractivity contribution in [3.8, 4) is 0 Å². The molecule has 0 aromatic heterocycles. The second-order valence-corrected chi connectivity index (χ2v) is 7.90. The molecule has 0 bridgehead atoms. The predicted octanol–water partition coefficient (Wildman–Crippen LogP) is 2.38. The van der Waals surface area contributed by atoms with Crippen LogP contribution in [-0.2, 0) is 10.0 Å². The van der Waals surface area contributed by atoms with Crippen molar-refractivity contribution < 1.29 is 13.3 Å². The minimum Gasteiger partial charge on any atom is -0.329 e. The Morgan fingerprint density at radius 3 is 2.48 bits per heavy atom. The summed E-state index contributed by atoms with van der Waals surface area (Å²) in [6, 6.07) is 2.24. The van der Waals surface area contributed by atoms with Gasteiger partial charge in [-0.2, -0.15) is 0 Å². The summed E-state index contributed by atoms with van der Waals surface area (Å²) >= 11 is 5.93. The molecule has 0 spiro atoms. The highest BCUT2D eigenvalue weighted by molar-refractivity contribution is 7.89. The lowest BCUT2D eigenvalue weighted by molar-refractivity contribution is -0.385. The number of nitro groups is 1. The van der Waals surface area contributed by atoms with Crippen LogP contribution in [0, 0.1) is 23.0 Å². The normalized spacial score (nSPS) is 17.2. The van der Waals surface area contributed by atoms with E-state index in [9.17, 15) is 18.5 Å². The quantitative estimate of drug-likeness (QED) is 0.577. The van der Waals surface area contributed by atoms with Gasteiger partial charge in [-0.3, -0.25) is 10.1 Å². The molecule has 0 amide bonds. The zero-order valence-corrected chi connectivity index (χ0v) is 15.1. The maximum absolute atomic E-state index is 12.5. The van der Waals surface area contributed by atoms with E-state index in [4.69, 9.17) is 17.3 Å². The van der Waals surface area contributed by atoms with Crippen molar-refractivity contribution in [1.29, 1.82) is 0 Å². The molecule has 130 valence electrons. The summed E-state index contributed by atoms with van der Waals surface area (Å²) in [6.45, 7) is 3.36. The van der Waals surface area contributed by atoms with Crippen LogP contribution < -0.4 is 10.5 Å². The maximum atomic E-state index is 12.5. The van der Waals surface area contributed by atoms with Gasteiger partial charge in [0, 0.05) is 23.7 Å². The Morgan fingerprint density at radius 1 is 1.48 bits per heavy atom. The molecular formula is C13H19Cl2N3O4S. The predicted molar refractivity (Wildman–Crippen MR) is 90.6 cm³/mol. The third-order valence-electron chi connectivity index (χ3n) is 4.07. The molecule has 0 heterocycles. The number of halogens is 2.